The van der Waals surface area contributed by atoms with Gasteiger partial charge in [0.05, 0.1) is 11.3 Å². The van der Waals surface area contributed by atoms with Crippen LogP contribution in [0.5, 0.6) is 0 Å². The summed E-state index contributed by atoms with van der Waals surface area (Å²) in [4.78, 5) is 25.7. The molecule has 0 unspecified atom stereocenters. The fourth-order valence-electron chi connectivity index (χ4n) is 2.30. The second kappa shape index (κ2) is 6.19. The third-order valence-electron chi connectivity index (χ3n) is 3.48. The number of hydrogen-bond acceptors (Lipinski definition) is 4. The van der Waals surface area contributed by atoms with Crippen molar-refractivity contribution >= 4 is 28.6 Å². The summed E-state index contributed by atoms with van der Waals surface area (Å²) in [6.45, 7) is 0. The number of pyridine rings is 1. The first-order valence-electron chi connectivity index (χ1n) is 7.07. The van der Waals surface area contributed by atoms with Gasteiger partial charge in [0, 0.05) is 23.0 Å². The molecular weight excluding hydrogens is 290 g/mol. The molecule has 23 heavy (non-hydrogen) atoms. The van der Waals surface area contributed by atoms with Crippen LogP contribution in [0.25, 0.3) is 16.6 Å². The summed E-state index contributed by atoms with van der Waals surface area (Å²) in [5.74, 6) is 0. The maximum atomic E-state index is 12.1. The fourth-order valence-corrected chi connectivity index (χ4v) is 2.30. The van der Waals surface area contributed by atoms with Crippen LogP contribution < -0.4 is 16.6 Å². The van der Waals surface area contributed by atoms with Crippen LogP contribution in [0.15, 0.2) is 65.6 Å². The van der Waals surface area contributed by atoms with Gasteiger partial charge in [0.15, 0.2) is 0 Å². The van der Waals surface area contributed by atoms with Crippen molar-refractivity contribution in [2.24, 2.45) is 5.73 Å². The van der Waals surface area contributed by atoms with E-state index in [1.165, 1.54) is 0 Å². The van der Waals surface area contributed by atoms with E-state index in [1.807, 2.05) is 24.3 Å². The maximum Gasteiger partial charge on any atom is 0.257 e. The number of H-pyrrole nitrogens is 1. The molecule has 1 heterocycles. The first-order valence-corrected chi connectivity index (χ1v) is 7.07. The van der Waals surface area contributed by atoms with Gasteiger partial charge in [-0.2, -0.15) is 0 Å². The highest BCUT2D eigenvalue weighted by Gasteiger charge is 2.05. The molecule has 5 nitrogen and oxygen atoms in total. The molecule has 0 saturated carbocycles. The second-order valence-corrected chi connectivity index (χ2v) is 5.09. The van der Waals surface area contributed by atoms with Crippen LogP contribution in [0.4, 0.5) is 5.69 Å². The molecule has 0 bridgehead atoms. The SMILES string of the molecule is N/C(=C\Nc1cccc(C=O)c1)c1cc2ccccc2[nH]c1=O. The lowest BCUT2D eigenvalue weighted by Crippen LogP contribution is -2.15. The van der Waals surface area contributed by atoms with Gasteiger partial charge in [0.1, 0.15) is 6.29 Å². The summed E-state index contributed by atoms with van der Waals surface area (Å²) in [5, 5.41) is 3.90. The average Bonchev–Trinajstić information content (AvgIpc) is 2.59. The Morgan fingerprint density at radius 1 is 1.09 bits per heavy atom. The zero-order valence-electron chi connectivity index (χ0n) is 12.2. The summed E-state index contributed by atoms with van der Waals surface area (Å²) < 4.78 is 0. The van der Waals surface area contributed by atoms with Gasteiger partial charge in [-0.05, 0) is 29.7 Å². The van der Waals surface area contributed by atoms with Crippen molar-refractivity contribution < 1.29 is 4.79 Å². The molecule has 1 aromatic heterocycles. The number of aromatic amines is 1. The minimum absolute atomic E-state index is 0.249. The monoisotopic (exact) mass is 305 g/mol. The zero-order valence-corrected chi connectivity index (χ0v) is 12.2. The van der Waals surface area contributed by atoms with E-state index in [2.05, 4.69) is 10.3 Å². The molecule has 0 saturated heterocycles. The number of nitrogens with two attached hydrogens (primary N) is 1. The van der Waals surface area contributed by atoms with Gasteiger partial charge in [0.25, 0.3) is 5.56 Å². The van der Waals surface area contributed by atoms with Crippen molar-refractivity contribution in [1.29, 1.82) is 0 Å². The van der Waals surface area contributed by atoms with Crippen LogP contribution in [0, 0.1) is 0 Å². The number of carbonyl (C=O) groups is 1. The van der Waals surface area contributed by atoms with Crippen LogP contribution >= 0.6 is 0 Å². The number of rotatable bonds is 4. The molecule has 3 rings (SSSR count). The zero-order chi connectivity index (χ0) is 16.2. The molecule has 0 aliphatic rings. The molecule has 5 heteroatoms. The van der Waals surface area contributed by atoms with Crippen molar-refractivity contribution in [1.82, 2.24) is 4.98 Å². The fraction of sp³-hybridized carbons (Fsp3) is 0. The number of hydrogen-bond donors (Lipinski definition) is 3. The molecule has 0 aliphatic heterocycles. The number of anilines is 1. The molecule has 114 valence electrons. The van der Waals surface area contributed by atoms with Crippen LogP contribution in [0.3, 0.4) is 0 Å². The van der Waals surface area contributed by atoms with Gasteiger partial charge in [0.2, 0.25) is 0 Å². The van der Waals surface area contributed by atoms with Gasteiger partial charge in [-0.1, -0.05) is 30.3 Å². The van der Waals surface area contributed by atoms with Crippen molar-refractivity contribution in [3.8, 4) is 0 Å². The molecule has 0 fully saturated rings. The third-order valence-corrected chi connectivity index (χ3v) is 3.48. The van der Waals surface area contributed by atoms with Gasteiger partial charge < -0.3 is 16.0 Å². The summed E-state index contributed by atoms with van der Waals surface area (Å²) in [7, 11) is 0. The highest BCUT2D eigenvalue weighted by Crippen LogP contribution is 2.14. The summed E-state index contributed by atoms with van der Waals surface area (Å²) in [6, 6.07) is 16.2. The number of benzene rings is 2. The van der Waals surface area contributed by atoms with E-state index in [-0.39, 0.29) is 5.56 Å². The predicted molar refractivity (Wildman–Crippen MR) is 92.2 cm³/mol. The molecule has 0 spiro atoms. The molecule has 0 atom stereocenters. The third kappa shape index (κ3) is 3.13. The first kappa shape index (κ1) is 14.6. The number of para-hydroxylation sites is 1. The Kier molecular flexibility index (Phi) is 3.93. The van der Waals surface area contributed by atoms with Gasteiger partial charge in [-0.3, -0.25) is 9.59 Å². The Balaban J connectivity index is 1.92. The highest BCUT2D eigenvalue weighted by atomic mass is 16.1. The topological polar surface area (TPSA) is 88.0 Å². The summed E-state index contributed by atoms with van der Waals surface area (Å²) in [6.07, 6.45) is 2.32. The van der Waals surface area contributed by atoms with E-state index in [9.17, 15) is 9.59 Å². The first-order chi connectivity index (χ1) is 11.2. The van der Waals surface area contributed by atoms with E-state index in [4.69, 9.17) is 5.73 Å². The van der Waals surface area contributed by atoms with Crippen molar-refractivity contribution in [3.63, 3.8) is 0 Å². The maximum absolute atomic E-state index is 12.1. The number of nitrogens with one attached hydrogen (secondary N) is 2. The Labute approximate surface area is 132 Å². The largest absolute Gasteiger partial charge is 0.397 e. The van der Waals surface area contributed by atoms with E-state index < -0.39 is 0 Å². The van der Waals surface area contributed by atoms with Gasteiger partial charge >= 0.3 is 0 Å². The van der Waals surface area contributed by atoms with Crippen LogP contribution in [0.1, 0.15) is 15.9 Å². The predicted octanol–water partition coefficient (Wildman–Crippen LogP) is 2.71. The molecule has 0 aliphatic carbocycles. The Bertz CT molecular complexity index is 958. The average molecular weight is 305 g/mol. The highest BCUT2D eigenvalue weighted by molar-refractivity contribution is 5.82. The van der Waals surface area contributed by atoms with E-state index in [0.717, 1.165) is 22.9 Å². The summed E-state index contributed by atoms with van der Waals surface area (Å²) >= 11 is 0. The Morgan fingerprint density at radius 3 is 2.74 bits per heavy atom. The van der Waals surface area contributed by atoms with Gasteiger partial charge in [-0.15, -0.1) is 0 Å². The normalized spacial score (nSPS) is 11.4. The Hall–Kier alpha value is -3.34. The van der Waals surface area contributed by atoms with E-state index >= 15 is 0 Å². The quantitative estimate of drug-likeness (QED) is 0.647. The van der Waals surface area contributed by atoms with Crippen molar-refractivity contribution in [2.45, 2.75) is 0 Å². The summed E-state index contributed by atoms with van der Waals surface area (Å²) in [5.41, 5.74) is 8.51. The van der Waals surface area contributed by atoms with Crippen molar-refractivity contribution in [3.05, 3.63) is 82.3 Å². The van der Waals surface area contributed by atoms with Crippen LogP contribution in [0.2, 0.25) is 0 Å². The van der Waals surface area contributed by atoms with E-state index in [1.54, 1.807) is 36.5 Å². The molecule has 4 N–H and O–H groups in total. The number of aromatic nitrogens is 1. The van der Waals surface area contributed by atoms with E-state index in [0.29, 0.717) is 16.8 Å². The molecule has 3 aromatic rings. The van der Waals surface area contributed by atoms with Gasteiger partial charge in [-0.25, -0.2) is 0 Å². The Morgan fingerprint density at radius 2 is 1.91 bits per heavy atom. The lowest BCUT2D eigenvalue weighted by molar-refractivity contribution is 0.112. The van der Waals surface area contributed by atoms with Crippen molar-refractivity contribution in [2.75, 3.05) is 5.32 Å². The number of aldehydes is 1. The number of carbonyl (C=O) groups excluding carboxylic acids is 1. The van der Waals surface area contributed by atoms with Crippen LogP contribution in [-0.4, -0.2) is 11.3 Å². The van der Waals surface area contributed by atoms with Crippen LogP contribution in [-0.2, 0) is 0 Å². The molecular formula is C18H15N3O2. The molecule has 0 radical (unpaired) electrons. The second-order valence-electron chi connectivity index (χ2n) is 5.09. The lowest BCUT2D eigenvalue weighted by Gasteiger charge is -2.06. The molecule has 2 aromatic carbocycles. The standard InChI is InChI=1S/C18H15N3O2/c19-16(10-20-14-6-3-4-12(8-14)11-22)15-9-13-5-1-2-7-17(13)21-18(15)23/h1-11,20H,19H2,(H,21,23)/b16-10-. The smallest absolute Gasteiger partial charge is 0.257 e. The lowest BCUT2D eigenvalue weighted by atomic mass is 10.1. The number of fused-ring (bicyclic) bond motifs is 1. The molecule has 0 amide bonds. The minimum atomic E-state index is -0.249. The minimum Gasteiger partial charge on any atom is -0.397 e.